The molecule has 17 heavy (non-hydrogen) atoms. The summed E-state index contributed by atoms with van der Waals surface area (Å²) in [6, 6.07) is 6.75. The molecule has 2 rings (SSSR count). The van der Waals surface area contributed by atoms with Crippen molar-refractivity contribution in [1.29, 1.82) is 0 Å². The maximum absolute atomic E-state index is 12.7. The number of anilines is 1. The van der Waals surface area contributed by atoms with Crippen molar-refractivity contribution >= 4 is 28.7 Å². The molecular formula is C11H12FN3S2. The van der Waals surface area contributed by atoms with E-state index in [1.165, 1.54) is 23.5 Å². The van der Waals surface area contributed by atoms with Crippen LogP contribution in [0.5, 0.6) is 0 Å². The summed E-state index contributed by atoms with van der Waals surface area (Å²) in [5, 5.41) is 10.8. The summed E-state index contributed by atoms with van der Waals surface area (Å²) in [6.07, 6.45) is 0.812. The average molecular weight is 269 g/mol. The van der Waals surface area contributed by atoms with Crippen LogP contribution in [-0.4, -0.2) is 16.2 Å². The third-order valence-corrected chi connectivity index (χ3v) is 3.28. The number of hydrogen-bond donors (Lipinski definition) is 2. The smallest absolute Gasteiger partial charge is 0.204 e. The molecule has 1 unspecified atom stereocenters. The molecule has 3 nitrogen and oxygen atoms in total. The van der Waals surface area contributed by atoms with E-state index < -0.39 is 0 Å². The maximum Gasteiger partial charge on any atom is 0.204 e. The fraction of sp³-hybridized carbons (Fsp3) is 0.273. The lowest BCUT2D eigenvalue weighted by molar-refractivity contribution is 0.626. The van der Waals surface area contributed by atoms with E-state index in [0.717, 1.165) is 17.1 Å². The highest BCUT2D eigenvalue weighted by atomic mass is 32.1. The Balaban J connectivity index is 1.95. The third-order valence-electron chi connectivity index (χ3n) is 2.26. The molecule has 0 spiro atoms. The molecule has 0 radical (unpaired) electrons. The molecule has 2 aromatic rings. The molecule has 0 fully saturated rings. The molecule has 0 aliphatic rings. The number of nitrogens with one attached hydrogen (secondary N) is 2. The van der Waals surface area contributed by atoms with Crippen molar-refractivity contribution in [3.63, 3.8) is 0 Å². The summed E-state index contributed by atoms with van der Waals surface area (Å²) < 4.78 is 13.4. The van der Waals surface area contributed by atoms with Gasteiger partial charge in [0.25, 0.3) is 0 Å². The van der Waals surface area contributed by atoms with Crippen molar-refractivity contribution in [2.75, 3.05) is 5.32 Å². The summed E-state index contributed by atoms with van der Waals surface area (Å²) in [5.41, 5.74) is 1.09. The van der Waals surface area contributed by atoms with E-state index in [4.69, 9.17) is 12.2 Å². The summed E-state index contributed by atoms with van der Waals surface area (Å²) in [5.74, 6) is -0.209. The van der Waals surface area contributed by atoms with E-state index in [9.17, 15) is 4.39 Å². The molecule has 0 saturated heterocycles. The topological polar surface area (TPSA) is 40.7 Å². The SMILES string of the molecule is CC(Cc1ccc(F)cc1)Nc1n[nH]c(=S)s1. The van der Waals surface area contributed by atoms with E-state index in [2.05, 4.69) is 15.5 Å². The van der Waals surface area contributed by atoms with Crippen LogP contribution in [0, 0.1) is 9.77 Å². The number of rotatable bonds is 4. The van der Waals surface area contributed by atoms with Crippen molar-refractivity contribution in [3.05, 3.63) is 39.6 Å². The number of halogens is 1. The van der Waals surface area contributed by atoms with Gasteiger partial charge in [0.2, 0.25) is 5.13 Å². The molecule has 2 N–H and O–H groups in total. The van der Waals surface area contributed by atoms with Crippen molar-refractivity contribution in [1.82, 2.24) is 10.2 Å². The molecule has 0 saturated carbocycles. The summed E-state index contributed by atoms with van der Waals surface area (Å²) in [6.45, 7) is 2.05. The number of nitrogens with zero attached hydrogens (tertiary/aromatic N) is 1. The molecule has 0 aliphatic carbocycles. The Morgan fingerprint density at radius 3 is 2.76 bits per heavy atom. The first-order valence-electron chi connectivity index (χ1n) is 5.20. The fourth-order valence-electron chi connectivity index (χ4n) is 1.53. The fourth-order valence-corrected chi connectivity index (χ4v) is 2.43. The van der Waals surface area contributed by atoms with E-state index >= 15 is 0 Å². The third kappa shape index (κ3) is 3.61. The van der Waals surface area contributed by atoms with Gasteiger partial charge in [-0.25, -0.2) is 4.39 Å². The molecule has 1 heterocycles. The van der Waals surface area contributed by atoms with Crippen LogP contribution in [0.25, 0.3) is 0 Å². The largest absolute Gasteiger partial charge is 0.357 e. The van der Waals surface area contributed by atoms with Gasteiger partial charge in [-0.05, 0) is 43.3 Å². The van der Waals surface area contributed by atoms with Crippen molar-refractivity contribution in [2.45, 2.75) is 19.4 Å². The lowest BCUT2D eigenvalue weighted by atomic mass is 10.1. The molecule has 1 aromatic carbocycles. The van der Waals surface area contributed by atoms with Gasteiger partial charge < -0.3 is 5.32 Å². The van der Waals surface area contributed by atoms with Crippen LogP contribution in [0.3, 0.4) is 0 Å². The number of hydrogen-bond acceptors (Lipinski definition) is 4. The van der Waals surface area contributed by atoms with Gasteiger partial charge in [-0.1, -0.05) is 23.5 Å². The minimum absolute atomic E-state index is 0.209. The van der Waals surface area contributed by atoms with Crippen LogP contribution in [0.1, 0.15) is 12.5 Å². The first-order chi connectivity index (χ1) is 8.13. The second-order valence-corrected chi connectivity index (χ2v) is 5.46. The molecule has 0 aliphatic heterocycles. The highest BCUT2D eigenvalue weighted by Gasteiger charge is 2.05. The van der Waals surface area contributed by atoms with Gasteiger partial charge in [0.1, 0.15) is 5.82 Å². The highest BCUT2D eigenvalue weighted by Crippen LogP contribution is 2.14. The van der Waals surface area contributed by atoms with Crippen LogP contribution < -0.4 is 5.32 Å². The van der Waals surface area contributed by atoms with E-state index in [0.29, 0.717) is 3.95 Å². The number of aromatic nitrogens is 2. The van der Waals surface area contributed by atoms with Gasteiger partial charge >= 0.3 is 0 Å². The van der Waals surface area contributed by atoms with Gasteiger partial charge in [-0.15, -0.1) is 5.10 Å². The van der Waals surface area contributed by atoms with E-state index in [-0.39, 0.29) is 11.9 Å². The summed E-state index contributed by atoms with van der Waals surface area (Å²) >= 11 is 6.35. The second kappa shape index (κ2) is 5.37. The predicted molar refractivity (Wildman–Crippen MR) is 70.5 cm³/mol. The Labute approximate surface area is 108 Å². The average Bonchev–Trinajstić information content (AvgIpc) is 2.67. The van der Waals surface area contributed by atoms with Gasteiger partial charge in [0.15, 0.2) is 3.95 Å². The van der Waals surface area contributed by atoms with Crippen molar-refractivity contribution in [3.8, 4) is 0 Å². The Morgan fingerprint density at radius 1 is 1.47 bits per heavy atom. The Bertz CT molecular complexity index is 532. The molecule has 1 atom stereocenters. The standard InChI is InChI=1S/C11H12FN3S2/c1-7(13-10-14-15-11(16)17-10)6-8-2-4-9(12)5-3-8/h2-5,7H,6H2,1H3,(H,13,14)(H,15,16). The second-order valence-electron chi connectivity index (χ2n) is 3.79. The molecule has 6 heteroatoms. The predicted octanol–water partition coefficient (Wildman–Crippen LogP) is 3.38. The minimum atomic E-state index is -0.209. The van der Waals surface area contributed by atoms with Crippen LogP contribution >= 0.6 is 23.6 Å². The van der Waals surface area contributed by atoms with Crippen molar-refractivity contribution in [2.24, 2.45) is 0 Å². The Morgan fingerprint density at radius 2 is 2.18 bits per heavy atom. The lowest BCUT2D eigenvalue weighted by Gasteiger charge is -2.12. The molecular weight excluding hydrogens is 257 g/mol. The number of aromatic amines is 1. The Hall–Kier alpha value is -1.27. The molecule has 0 bridgehead atoms. The van der Waals surface area contributed by atoms with Crippen LogP contribution in [0.4, 0.5) is 9.52 Å². The zero-order valence-corrected chi connectivity index (χ0v) is 10.9. The number of benzene rings is 1. The van der Waals surface area contributed by atoms with Gasteiger partial charge in [0.05, 0.1) is 0 Å². The minimum Gasteiger partial charge on any atom is -0.357 e. The van der Waals surface area contributed by atoms with Crippen LogP contribution in [0.2, 0.25) is 0 Å². The quantitative estimate of drug-likeness (QED) is 0.836. The zero-order chi connectivity index (χ0) is 12.3. The summed E-state index contributed by atoms with van der Waals surface area (Å²) in [4.78, 5) is 0. The maximum atomic E-state index is 12.7. The van der Waals surface area contributed by atoms with E-state index in [1.807, 2.05) is 6.92 Å². The van der Waals surface area contributed by atoms with Gasteiger partial charge in [-0.2, -0.15) is 0 Å². The van der Waals surface area contributed by atoms with Gasteiger partial charge in [-0.3, -0.25) is 5.10 Å². The highest BCUT2D eigenvalue weighted by molar-refractivity contribution is 7.73. The first kappa shape index (κ1) is 12.2. The van der Waals surface area contributed by atoms with E-state index in [1.54, 1.807) is 12.1 Å². The van der Waals surface area contributed by atoms with Gasteiger partial charge in [0, 0.05) is 6.04 Å². The monoisotopic (exact) mass is 269 g/mol. The molecule has 90 valence electrons. The van der Waals surface area contributed by atoms with Crippen LogP contribution in [0.15, 0.2) is 24.3 Å². The molecule has 0 amide bonds. The zero-order valence-electron chi connectivity index (χ0n) is 9.24. The normalized spacial score (nSPS) is 12.4. The lowest BCUT2D eigenvalue weighted by Crippen LogP contribution is -2.17. The molecule has 1 aromatic heterocycles. The van der Waals surface area contributed by atoms with Crippen LogP contribution in [-0.2, 0) is 6.42 Å². The summed E-state index contributed by atoms with van der Waals surface area (Å²) in [7, 11) is 0. The number of H-pyrrole nitrogens is 1. The first-order valence-corrected chi connectivity index (χ1v) is 6.42. The van der Waals surface area contributed by atoms with Crippen molar-refractivity contribution < 1.29 is 4.39 Å². The Kier molecular flexibility index (Phi) is 3.86.